The molecule has 2 nitrogen and oxygen atoms in total. The number of hydrogen-bond donors (Lipinski definition) is 0. The second kappa shape index (κ2) is 5.50. The molecule has 0 N–H and O–H groups in total. The van der Waals surface area contributed by atoms with Crippen molar-refractivity contribution in [2.24, 2.45) is 5.92 Å². The van der Waals surface area contributed by atoms with Gasteiger partial charge in [0.05, 0.1) is 19.6 Å². The SMILES string of the molecule is CCCCC[N+]12CCC(CC1)[C@H](OCC)C2. The molecule has 2 bridgehead atoms. The van der Waals surface area contributed by atoms with Crippen molar-refractivity contribution in [3.63, 3.8) is 0 Å². The van der Waals surface area contributed by atoms with E-state index in [2.05, 4.69) is 13.8 Å². The molecule has 94 valence electrons. The van der Waals surface area contributed by atoms with Crippen molar-refractivity contribution in [3.05, 3.63) is 0 Å². The largest absolute Gasteiger partial charge is 0.372 e. The third-order valence-corrected chi connectivity index (χ3v) is 4.66. The molecule has 3 fully saturated rings. The number of unbranched alkanes of at least 4 members (excludes halogenated alkanes) is 2. The van der Waals surface area contributed by atoms with Gasteiger partial charge in [0.15, 0.2) is 0 Å². The average molecular weight is 226 g/mol. The Morgan fingerprint density at radius 3 is 2.50 bits per heavy atom. The summed E-state index contributed by atoms with van der Waals surface area (Å²) in [6, 6.07) is 0. The number of quaternary nitrogens is 1. The molecule has 16 heavy (non-hydrogen) atoms. The molecule has 2 heteroatoms. The summed E-state index contributed by atoms with van der Waals surface area (Å²) < 4.78 is 7.31. The van der Waals surface area contributed by atoms with E-state index in [1.807, 2.05) is 0 Å². The molecule has 3 aliphatic heterocycles. The van der Waals surface area contributed by atoms with Crippen LogP contribution < -0.4 is 0 Å². The second-order valence-corrected chi connectivity index (χ2v) is 5.73. The maximum Gasteiger partial charge on any atom is 0.110 e. The fourth-order valence-electron chi connectivity index (χ4n) is 3.64. The first kappa shape index (κ1) is 12.4. The van der Waals surface area contributed by atoms with Gasteiger partial charge in [-0.2, -0.15) is 0 Å². The van der Waals surface area contributed by atoms with Crippen LogP contribution in [0.15, 0.2) is 0 Å². The Labute approximate surface area is 101 Å². The zero-order valence-electron chi connectivity index (χ0n) is 11.1. The number of nitrogens with zero attached hydrogens (tertiary/aromatic N) is 1. The van der Waals surface area contributed by atoms with Crippen LogP contribution in [0, 0.1) is 5.92 Å². The highest BCUT2D eigenvalue weighted by molar-refractivity contribution is 4.80. The molecule has 0 aromatic rings. The summed E-state index contributed by atoms with van der Waals surface area (Å²) in [4.78, 5) is 0. The molecule has 0 spiro atoms. The van der Waals surface area contributed by atoms with E-state index in [1.165, 1.54) is 62.8 Å². The number of piperidine rings is 3. The van der Waals surface area contributed by atoms with Crippen LogP contribution in [0.5, 0.6) is 0 Å². The fraction of sp³-hybridized carbons (Fsp3) is 1.00. The Balaban J connectivity index is 1.88. The molecule has 3 heterocycles. The Morgan fingerprint density at radius 2 is 1.88 bits per heavy atom. The lowest BCUT2D eigenvalue weighted by Crippen LogP contribution is -2.64. The van der Waals surface area contributed by atoms with E-state index in [-0.39, 0.29) is 0 Å². The first-order valence-electron chi connectivity index (χ1n) is 7.26. The first-order chi connectivity index (χ1) is 7.79. The Morgan fingerprint density at radius 1 is 1.12 bits per heavy atom. The van der Waals surface area contributed by atoms with Crippen molar-refractivity contribution in [1.29, 1.82) is 0 Å². The minimum atomic E-state index is 0.578. The fourth-order valence-corrected chi connectivity index (χ4v) is 3.64. The van der Waals surface area contributed by atoms with Crippen LogP contribution in [0.2, 0.25) is 0 Å². The van der Waals surface area contributed by atoms with Gasteiger partial charge < -0.3 is 9.22 Å². The van der Waals surface area contributed by atoms with Crippen LogP contribution in [-0.2, 0) is 4.74 Å². The van der Waals surface area contributed by atoms with Gasteiger partial charge in [-0.25, -0.2) is 0 Å². The Kier molecular flexibility index (Phi) is 4.26. The molecule has 3 saturated heterocycles. The highest BCUT2D eigenvalue weighted by Crippen LogP contribution is 2.35. The summed E-state index contributed by atoms with van der Waals surface area (Å²) in [6.07, 6.45) is 7.57. The summed E-state index contributed by atoms with van der Waals surface area (Å²) in [5.41, 5.74) is 0. The van der Waals surface area contributed by atoms with Crippen LogP contribution in [-0.4, -0.2) is 43.4 Å². The molecule has 0 saturated carbocycles. The van der Waals surface area contributed by atoms with Gasteiger partial charge in [-0.15, -0.1) is 0 Å². The number of hydrogen-bond acceptors (Lipinski definition) is 1. The van der Waals surface area contributed by atoms with Crippen LogP contribution in [0.1, 0.15) is 46.0 Å². The molecule has 0 aromatic carbocycles. The molecule has 0 aromatic heterocycles. The van der Waals surface area contributed by atoms with Gasteiger partial charge in [0, 0.05) is 25.4 Å². The third kappa shape index (κ3) is 2.60. The van der Waals surface area contributed by atoms with E-state index < -0.39 is 0 Å². The Hall–Kier alpha value is -0.0800. The van der Waals surface area contributed by atoms with Gasteiger partial charge in [0.1, 0.15) is 12.6 Å². The summed E-state index contributed by atoms with van der Waals surface area (Å²) in [6.45, 7) is 10.9. The van der Waals surface area contributed by atoms with Gasteiger partial charge in [-0.1, -0.05) is 13.3 Å². The van der Waals surface area contributed by atoms with Gasteiger partial charge in [0.2, 0.25) is 0 Å². The van der Waals surface area contributed by atoms with Gasteiger partial charge in [0.25, 0.3) is 0 Å². The Bertz CT molecular complexity index is 209. The molecular formula is C14H28NO+. The van der Waals surface area contributed by atoms with E-state index >= 15 is 0 Å². The monoisotopic (exact) mass is 226 g/mol. The van der Waals surface area contributed by atoms with Crippen LogP contribution in [0.4, 0.5) is 0 Å². The first-order valence-corrected chi connectivity index (χ1v) is 7.26. The molecule has 3 rings (SSSR count). The molecule has 0 radical (unpaired) electrons. The van der Waals surface area contributed by atoms with E-state index in [1.54, 1.807) is 0 Å². The average Bonchev–Trinajstić information content (AvgIpc) is 2.31. The molecule has 1 atom stereocenters. The molecule has 3 aliphatic rings. The van der Waals surface area contributed by atoms with Gasteiger partial charge in [-0.3, -0.25) is 0 Å². The predicted octanol–water partition coefficient (Wildman–Crippen LogP) is 2.82. The summed E-state index contributed by atoms with van der Waals surface area (Å²) >= 11 is 0. The topological polar surface area (TPSA) is 9.23 Å². The molecule has 0 aliphatic carbocycles. The van der Waals surface area contributed by atoms with E-state index in [9.17, 15) is 0 Å². The van der Waals surface area contributed by atoms with Crippen LogP contribution in [0.3, 0.4) is 0 Å². The molecule has 0 unspecified atom stereocenters. The highest BCUT2D eigenvalue weighted by atomic mass is 16.5. The maximum atomic E-state index is 5.93. The van der Waals surface area contributed by atoms with Crippen molar-refractivity contribution >= 4 is 0 Å². The number of rotatable bonds is 6. The van der Waals surface area contributed by atoms with Crippen molar-refractivity contribution < 1.29 is 9.22 Å². The minimum Gasteiger partial charge on any atom is -0.372 e. The lowest BCUT2D eigenvalue weighted by atomic mass is 9.83. The zero-order chi connectivity index (χ0) is 11.4. The van der Waals surface area contributed by atoms with E-state index in [0.29, 0.717) is 6.10 Å². The number of fused-ring (bicyclic) bond motifs is 3. The molecular weight excluding hydrogens is 198 g/mol. The zero-order valence-corrected chi connectivity index (χ0v) is 11.1. The summed E-state index contributed by atoms with van der Waals surface area (Å²) in [7, 11) is 0. The van der Waals surface area contributed by atoms with Crippen LogP contribution >= 0.6 is 0 Å². The highest BCUT2D eigenvalue weighted by Gasteiger charge is 2.45. The second-order valence-electron chi connectivity index (χ2n) is 5.73. The quantitative estimate of drug-likeness (QED) is 0.500. The lowest BCUT2D eigenvalue weighted by Gasteiger charge is -2.52. The van der Waals surface area contributed by atoms with Crippen molar-refractivity contribution in [3.8, 4) is 0 Å². The minimum absolute atomic E-state index is 0.578. The van der Waals surface area contributed by atoms with Gasteiger partial charge in [-0.05, 0) is 19.8 Å². The van der Waals surface area contributed by atoms with Gasteiger partial charge >= 0.3 is 0 Å². The summed E-state index contributed by atoms with van der Waals surface area (Å²) in [5.74, 6) is 0.881. The lowest BCUT2D eigenvalue weighted by molar-refractivity contribution is -0.946. The normalized spacial score (nSPS) is 37.9. The number of ether oxygens (including phenoxy) is 1. The van der Waals surface area contributed by atoms with E-state index in [0.717, 1.165) is 12.5 Å². The van der Waals surface area contributed by atoms with Crippen LogP contribution in [0.25, 0.3) is 0 Å². The standard InChI is InChI=1S/C14H28NO/c1-3-5-6-9-15-10-7-13(8-11-15)14(12-15)16-4-2/h13-14H,3-12H2,1-2H3/q+1/t13?,14-,15?/m1/s1. The van der Waals surface area contributed by atoms with E-state index in [4.69, 9.17) is 4.74 Å². The predicted molar refractivity (Wildman–Crippen MR) is 67.4 cm³/mol. The van der Waals surface area contributed by atoms with Crippen molar-refractivity contribution in [2.75, 3.05) is 32.8 Å². The third-order valence-electron chi connectivity index (χ3n) is 4.66. The van der Waals surface area contributed by atoms with Crippen molar-refractivity contribution in [1.82, 2.24) is 0 Å². The molecule has 0 amide bonds. The maximum absolute atomic E-state index is 5.93. The summed E-state index contributed by atoms with van der Waals surface area (Å²) in [5, 5.41) is 0. The smallest absolute Gasteiger partial charge is 0.110 e. The van der Waals surface area contributed by atoms with Crippen molar-refractivity contribution in [2.45, 2.75) is 52.1 Å².